The van der Waals surface area contributed by atoms with Crippen molar-refractivity contribution in [3.63, 3.8) is 0 Å². The lowest BCUT2D eigenvalue weighted by atomic mass is 10.0. The van der Waals surface area contributed by atoms with Gasteiger partial charge in [0.2, 0.25) is 0 Å². The van der Waals surface area contributed by atoms with Crippen molar-refractivity contribution in [3.8, 4) is 28.6 Å². The van der Waals surface area contributed by atoms with E-state index in [2.05, 4.69) is 9.88 Å². The van der Waals surface area contributed by atoms with Gasteiger partial charge in [-0.1, -0.05) is 30.3 Å². The Hall–Kier alpha value is -3.32. The van der Waals surface area contributed by atoms with Gasteiger partial charge in [0, 0.05) is 42.4 Å². The molecule has 1 N–H and O–H groups in total. The van der Waals surface area contributed by atoms with Crippen molar-refractivity contribution in [2.45, 2.75) is 19.5 Å². The molecule has 0 radical (unpaired) electrons. The summed E-state index contributed by atoms with van der Waals surface area (Å²) in [5, 5.41) is 0. The van der Waals surface area contributed by atoms with Crippen molar-refractivity contribution >= 4 is 0 Å². The molecule has 3 aromatic rings. The van der Waals surface area contributed by atoms with Crippen LogP contribution >= 0.6 is 0 Å². The van der Waals surface area contributed by atoms with Crippen LogP contribution in [-0.4, -0.2) is 42.7 Å². The van der Waals surface area contributed by atoms with Gasteiger partial charge in [0.1, 0.15) is 11.6 Å². The largest absolute Gasteiger partial charge is 0.496 e. The lowest BCUT2D eigenvalue weighted by Crippen LogP contribution is -2.35. The van der Waals surface area contributed by atoms with Gasteiger partial charge < -0.3 is 19.2 Å². The maximum Gasteiger partial charge on any atom is 0.254 e. The first-order valence-electron chi connectivity index (χ1n) is 9.81. The molecule has 2 heterocycles. The minimum atomic E-state index is -0.0535. The predicted molar refractivity (Wildman–Crippen MR) is 114 cm³/mol. The van der Waals surface area contributed by atoms with Crippen molar-refractivity contribution in [3.05, 3.63) is 69.6 Å². The fraction of sp³-hybridized carbons (Fsp3) is 0.304. The molecule has 0 fully saturated rings. The lowest BCUT2D eigenvalue weighted by Gasteiger charge is -2.28. The Morgan fingerprint density at radius 3 is 2.40 bits per heavy atom. The molecule has 4 rings (SSSR count). The zero-order valence-electron chi connectivity index (χ0n) is 17.4. The third-order valence-electron chi connectivity index (χ3n) is 5.38. The average molecular weight is 407 g/mol. The Labute approximate surface area is 175 Å². The number of hydrogen-bond donors (Lipinski definition) is 1. The molecule has 7 heteroatoms. The summed E-state index contributed by atoms with van der Waals surface area (Å²) in [7, 11) is 4.86. The topological polar surface area (TPSA) is 76.7 Å². The summed E-state index contributed by atoms with van der Waals surface area (Å²) in [6.45, 7) is 2.01. The number of hydrogen-bond acceptors (Lipinski definition) is 6. The Bertz CT molecular complexity index is 1100. The fourth-order valence-corrected chi connectivity index (χ4v) is 3.82. The lowest BCUT2D eigenvalue weighted by molar-refractivity contribution is 0.236. The molecule has 156 valence electrons. The molecule has 1 aliphatic rings. The molecule has 1 aromatic heterocycles. The number of aromatic amines is 1. The van der Waals surface area contributed by atoms with Crippen LogP contribution in [0.25, 0.3) is 11.4 Å². The molecule has 0 saturated carbocycles. The number of aromatic nitrogens is 2. The van der Waals surface area contributed by atoms with Gasteiger partial charge in [-0.25, -0.2) is 4.98 Å². The van der Waals surface area contributed by atoms with Crippen LogP contribution in [0.4, 0.5) is 0 Å². The highest BCUT2D eigenvalue weighted by Gasteiger charge is 2.23. The Balaban J connectivity index is 1.62. The molecule has 0 spiro atoms. The summed E-state index contributed by atoms with van der Waals surface area (Å²) in [5.41, 5.74) is 3.43. The van der Waals surface area contributed by atoms with E-state index in [4.69, 9.17) is 19.2 Å². The highest BCUT2D eigenvalue weighted by molar-refractivity contribution is 5.55. The SMILES string of the molecule is COc1cc(OC)c(OC)cc1CN1CCc2c(nc(-c3ccccc3)[nH]c2=O)C1. The first-order chi connectivity index (χ1) is 14.6. The van der Waals surface area contributed by atoms with E-state index in [1.807, 2.05) is 42.5 Å². The maximum atomic E-state index is 12.6. The summed E-state index contributed by atoms with van der Waals surface area (Å²) >= 11 is 0. The van der Waals surface area contributed by atoms with Crippen molar-refractivity contribution in [1.82, 2.24) is 14.9 Å². The summed E-state index contributed by atoms with van der Waals surface area (Å²) < 4.78 is 16.4. The summed E-state index contributed by atoms with van der Waals surface area (Å²) in [4.78, 5) is 22.6. The number of rotatable bonds is 6. The molecule has 2 aromatic carbocycles. The first kappa shape index (κ1) is 20.0. The number of nitrogens with zero attached hydrogens (tertiary/aromatic N) is 2. The molecule has 1 aliphatic heterocycles. The zero-order valence-corrected chi connectivity index (χ0v) is 17.4. The van der Waals surface area contributed by atoms with Gasteiger partial charge >= 0.3 is 0 Å². The van der Waals surface area contributed by atoms with Gasteiger partial charge in [-0.3, -0.25) is 9.69 Å². The van der Waals surface area contributed by atoms with Crippen LogP contribution in [0.3, 0.4) is 0 Å². The van der Waals surface area contributed by atoms with Gasteiger partial charge in [0.25, 0.3) is 5.56 Å². The normalized spacial score (nSPS) is 13.6. The third-order valence-corrected chi connectivity index (χ3v) is 5.38. The van der Waals surface area contributed by atoms with Gasteiger partial charge in [-0.15, -0.1) is 0 Å². The molecule has 0 atom stereocenters. The second-order valence-corrected chi connectivity index (χ2v) is 7.19. The molecule has 0 bridgehead atoms. The fourth-order valence-electron chi connectivity index (χ4n) is 3.82. The van der Waals surface area contributed by atoms with Crippen molar-refractivity contribution in [1.29, 1.82) is 0 Å². The summed E-state index contributed by atoms with van der Waals surface area (Å²) in [6.07, 6.45) is 0.655. The van der Waals surface area contributed by atoms with E-state index in [0.29, 0.717) is 36.8 Å². The number of nitrogens with one attached hydrogen (secondary N) is 1. The molecular weight excluding hydrogens is 382 g/mol. The van der Waals surface area contributed by atoms with Crippen LogP contribution in [0.15, 0.2) is 47.3 Å². The average Bonchev–Trinajstić information content (AvgIpc) is 2.79. The minimum Gasteiger partial charge on any atom is -0.496 e. The van der Waals surface area contributed by atoms with Crippen LogP contribution in [0.1, 0.15) is 16.8 Å². The molecule has 0 saturated heterocycles. The van der Waals surface area contributed by atoms with Gasteiger partial charge in [-0.2, -0.15) is 0 Å². The molecule has 0 unspecified atom stereocenters. The second-order valence-electron chi connectivity index (χ2n) is 7.19. The van der Waals surface area contributed by atoms with Gasteiger partial charge in [-0.05, 0) is 12.5 Å². The van der Waals surface area contributed by atoms with E-state index in [1.54, 1.807) is 21.3 Å². The smallest absolute Gasteiger partial charge is 0.254 e. The van der Waals surface area contributed by atoms with E-state index >= 15 is 0 Å². The van der Waals surface area contributed by atoms with Gasteiger partial charge in [0.05, 0.1) is 27.0 Å². The number of fused-ring (bicyclic) bond motifs is 1. The number of benzene rings is 2. The van der Waals surface area contributed by atoms with Gasteiger partial charge in [0.15, 0.2) is 11.5 Å². The van der Waals surface area contributed by atoms with Crippen LogP contribution in [-0.2, 0) is 19.5 Å². The van der Waals surface area contributed by atoms with E-state index < -0.39 is 0 Å². The van der Waals surface area contributed by atoms with E-state index in [1.165, 1.54) is 0 Å². The quantitative estimate of drug-likeness (QED) is 0.677. The number of methoxy groups -OCH3 is 3. The van der Waals surface area contributed by atoms with Crippen LogP contribution in [0.2, 0.25) is 0 Å². The molecule has 0 amide bonds. The van der Waals surface area contributed by atoms with Crippen molar-refractivity contribution in [2.75, 3.05) is 27.9 Å². The monoisotopic (exact) mass is 407 g/mol. The van der Waals surface area contributed by atoms with Crippen LogP contribution in [0, 0.1) is 0 Å². The second kappa shape index (κ2) is 8.59. The third kappa shape index (κ3) is 3.89. The first-order valence-corrected chi connectivity index (χ1v) is 9.81. The van der Waals surface area contributed by atoms with E-state index in [0.717, 1.165) is 34.7 Å². The van der Waals surface area contributed by atoms with Crippen LogP contribution < -0.4 is 19.8 Å². The van der Waals surface area contributed by atoms with Crippen molar-refractivity contribution in [2.24, 2.45) is 0 Å². The highest BCUT2D eigenvalue weighted by atomic mass is 16.5. The highest BCUT2D eigenvalue weighted by Crippen LogP contribution is 2.35. The summed E-state index contributed by atoms with van der Waals surface area (Å²) in [5.74, 6) is 2.63. The Morgan fingerprint density at radius 1 is 1.00 bits per heavy atom. The predicted octanol–water partition coefficient (Wildman–Crippen LogP) is 3.02. The molecule has 0 aliphatic carbocycles. The number of ether oxygens (including phenoxy) is 3. The number of H-pyrrole nitrogens is 1. The summed E-state index contributed by atoms with van der Waals surface area (Å²) in [6, 6.07) is 13.5. The Kier molecular flexibility index (Phi) is 5.72. The van der Waals surface area contributed by atoms with E-state index in [9.17, 15) is 4.79 Å². The zero-order chi connectivity index (χ0) is 21.1. The molecule has 7 nitrogen and oxygen atoms in total. The Morgan fingerprint density at radius 2 is 1.70 bits per heavy atom. The molecule has 30 heavy (non-hydrogen) atoms. The van der Waals surface area contributed by atoms with Crippen molar-refractivity contribution < 1.29 is 14.2 Å². The molecular formula is C23H25N3O4. The standard InChI is InChI=1S/C23H25N3O4/c1-28-19-12-21(30-3)20(29-2)11-16(19)13-26-10-9-17-18(14-26)24-22(25-23(17)27)15-7-5-4-6-8-15/h4-8,11-12H,9-10,13-14H2,1-3H3,(H,24,25,27). The van der Waals surface area contributed by atoms with E-state index in [-0.39, 0.29) is 5.56 Å². The minimum absolute atomic E-state index is 0.0535. The maximum absolute atomic E-state index is 12.6. The van der Waals surface area contributed by atoms with Crippen LogP contribution in [0.5, 0.6) is 17.2 Å².